The fraction of sp³-hybridized carbons (Fsp3) is 0.542. The predicted molar refractivity (Wildman–Crippen MR) is 130 cm³/mol. The normalized spacial score (nSPS) is 17.6. The van der Waals surface area contributed by atoms with E-state index >= 15 is 0 Å². The molecule has 1 fully saturated rings. The summed E-state index contributed by atoms with van der Waals surface area (Å²) in [5.41, 5.74) is 5.76. The lowest BCUT2D eigenvalue weighted by atomic mass is 10.00. The van der Waals surface area contributed by atoms with Crippen LogP contribution >= 0.6 is 0 Å². The smallest absolute Gasteiger partial charge is 0.326 e. The number of phenolic OH excluding ortho intramolecular Hbond substituents is 1. The highest BCUT2D eigenvalue weighted by atomic mass is 16.4. The van der Waals surface area contributed by atoms with Gasteiger partial charge in [0.25, 0.3) is 0 Å². The molecule has 12 heteroatoms. The summed E-state index contributed by atoms with van der Waals surface area (Å²) in [6.07, 6.45) is 1.16. The van der Waals surface area contributed by atoms with Crippen LogP contribution in [-0.2, 0) is 30.4 Å². The van der Waals surface area contributed by atoms with Crippen LogP contribution in [0.25, 0.3) is 0 Å². The molecule has 198 valence electrons. The minimum Gasteiger partial charge on any atom is -0.508 e. The summed E-state index contributed by atoms with van der Waals surface area (Å²) in [6.45, 7) is 4.06. The molecular formula is C24H35N5O7. The van der Waals surface area contributed by atoms with E-state index in [0.29, 0.717) is 18.5 Å². The molecule has 1 aromatic rings. The van der Waals surface area contributed by atoms with E-state index in [1.165, 1.54) is 12.1 Å². The van der Waals surface area contributed by atoms with Gasteiger partial charge in [-0.1, -0.05) is 26.0 Å². The maximum Gasteiger partial charge on any atom is 0.326 e. The van der Waals surface area contributed by atoms with Crippen molar-refractivity contribution in [2.24, 2.45) is 11.7 Å². The second kappa shape index (κ2) is 13.4. The van der Waals surface area contributed by atoms with E-state index in [0.717, 1.165) is 6.42 Å². The molecule has 36 heavy (non-hydrogen) atoms. The van der Waals surface area contributed by atoms with Crippen molar-refractivity contribution in [3.05, 3.63) is 29.8 Å². The monoisotopic (exact) mass is 505 g/mol. The highest BCUT2D eigenvalue weighted by Gasteiger charge is 2.33. The van der Waals surface area contributed by atoms with Gasteiger partial charge in [-0.2, -0.15) is 0 Å². The van der Waals surface area contributed by atoms with E-state index in [2.05, 4.69) is 21.3 Å². The number of carbonyl (C=O) groups excluding carboxylic acids is 4. The lowest BCUT2D eigenvalue weighted by Gasteiger charge is -2.27. The number of nitrogens with one attached hydrogen (secondary N) is 4. The third-order valence-corrected chi connectivity index (χ3v) is 5.93. The zero-order valence-electron chi connectivity index (χ0n) is 20.5. The lowest BCUT2D eigenvalue weighted by molar-refractivity contribution is -0.143. The number of carbonyl (C=O) groups is 5. The standard InChI is InChI=1S/C24H35N5O7/c1-13(2)20(23(34)27-17(24(35)36)9-10-19(25)31)29-22(33)18(12-14-5-7-15(30)8-6-14)28-21(32)16-4-3-11-26-16/h5-8,13,16-18,20,26,30H,3-4,9-12H2,1-2H3,(H2,25,31)(H,27,34)(H,28,32)(H,29,33)(H,35,36). The number of carboxylic acids is 1. The van der Waals surface area contributed by atoms with Crippen molar-refractivity contribution in [3.63, 3.8) is 0 Å². The first-order valence-corrected chi connectivity index (χ1v) is 11.9. The fourth-order valence-electron chi connectivity index (χ4n) is 3.85. The van der Waals surface area contributed by atoms with E-state index in [4.69, 9.17) is 5.73 Å². The van der Waals surface area contributed by atoms with Gasteiger partial charge in [0.1, 0.15) is 23.9 Å². The molecule has 8 N–H and O–H groups in total. The number of nitrogens with two attached hydrogens (primary N) is 1. The van der Waals surface area contributed by atoms with Crippen LogP contribution < -0.4 is 27.0 Å². The van der Waals surface area contributed by atoms with Crippen molar-refractivity contribution in [1.82, 2.24) is 21.3 Å². The van der Waals surface area contributed by atoms with Crippen LogP contribution in [0.2, 0.25) is 0 Å². The van der Waals surface area contributed by atoms with Crippen LogP contribution in [0.1, 0.15) is 45.1 Å². The number of aromatic hydroxyl groups is 1. The molecule has 1 aliphatic heterocycles. The van der Waals surface area contributed by atoms with Crippen molar-refractivity contribution in [2.75, 3.05) is 6.54 Å². The quantitative estimate of drug-likeness (QED) is 0.180. The molecule has 0 aromatic heterocycles. The molecule has 1 heterocycles. The molecule has 0 aliphatic carbocycles. The van der Waals surface area contributed by atoms with E-state index in [-0.39, 0.29) is 30.9 Å². The van der Waals surface area contributed by atoms with Crippen LogP contribution in [0.3, 0.4) is 0 Å². The van der Waals surface area contributed by atoms with Crippen LogP contribution in [0.4, 0.5) is 0 Å². The summed E-state index contributed by atoms with van der Waals surface area (Å²) in [5.74, 6) is -4.08. The SMILES string of the molecule is CC(C)C(NC(=O)C(Cc1ccc(O)cc1)NC(=O)C1CCCN1)C(=O)NC(CCC(N)=O)C(=O)O. The molecule has 4 amide bonds. The maximum absolute atomic E-state index is 13.3. The van der Waals surface area contributed by atoms with Gasteiger partial charge in [-0.25, -0.2) is 4.79 Å². The van der Waals surface area contributed by atoms with Crippen LogP contribution in [0.5, 0.6) is 5.75 Å². The third-order valence-electron chi connectivity index (χ3n) is 5.93. The van der Waals surface area contributed by atoms with Gasteiger partial charge in [0.05, 0.1) is 6.04 Å². The first-order chi connectivity index (χ1) is 17.0. The molecule has 2 rings (SSSR count). The van der Waals surface area contributed by atoms with Gasteiger partial charge in [-0.3, -0.25) is 19.2 Å². The summed E-state index contributed by atoms with van der Waals surface area (Å²) < 4.78 is 0. The Bertz CT molecular complexity index is 945. The van der Waals surface area contributed by atoms with Crippen LogP contribution in [0.15, 0.2) is 24.3 Å². The van der Waals surface area contributed by atoms with Gasteiger partial charge in [0.15, 0.2) is 0 Å². The van der Waals surface area contributed by atoms with Gasteiger partial charge in [-0.15, -0.1) is 0 Å². The first kappa shape index (κ1) is 28.6. The summed E-state index contributed by atoms with van der Waals surface area (Å²) in [4.78, 5) is 61.4. The molecule has 0 radical (unpaired) electrons. The Hall–Kier alpha value is -3.67. The highest BCUT2D eigenvalue weighted by Crippen LogP contribution is 2.13. The average molecular weight is 506 g/mol. The number of rotatable bonds is 13. The molecule has 1 aliphatic rings. The Balaban J connectivity index is 2.16. The molecule has 0 bridgehead atoms. The second-order valence-corrected chi connectivity index (χ2v) is 9.22. The largest absolute Gasteiger partial charge is 0.508 e. The van der Waals surface area contributed by atoms with Crippen LogP contribution in [0, 0.1) is 5.92 Å². The van der Waals surface area contributed by atoms with Gasteiger partial charge >= 0.3 is 5.97 Å². The second-order valence-electron chi connectivity index (χ2n) is 9.22. The molecule has 0 saturated carbocycles. The molecule has 0 spiro atoms. The first-order valence-electron chi connectivity index (χ1n) is 11.9. The number of amides is 4. The minimum atomic E-state index is -1.36. The third kappa shape index (κ3) is 8.84. The number of primary amides is 1. The predicted octanol–water partition coefficient (Wildman–Crippen LogP) is -0.853. The Morgan fingerprint density at radius 3 is 2.22 bits per heavy atom. The molecule has 1 saturated heterocycles. The zero-order chi connectivity index (χ0) is 26.8. The number of aliphatic carboxylic acids is 1. The molecular weight excluding hydrogens is 470 g/mol. The lowest BCUT2D eigenvalue weighted by Crippen LogP contribution is -2.58. The Morgan fingerprint density at radius 2 is 1.69 bits per heavy atom. The number of benzene rings is 1. The van der Waals surface area contributed by atoms with Gasteiger partial charge in [0, 0.05) is 12.8 Å². The average Bonchev–Trinajstić information content (AvgIpc) is 3.35. The van der Waals surface area contributed by atoms with Gasteiger partial charge in [-0.05, 0) is 49.4 Å². The molecule has 12 nitrogen and oxygen atoms in total. The van der Waals surface area contributed by atoms with Crippen molar-refractivity contribution in [2.45, 2.75) is 70.1 Å². The van der Waals surface area contributed by atoms with Gasteiger partial charge < -0.3 is 37.2 Å². The zero-order valence-corrected chi connectivity index (χ0v) is 20.5. The van der Waals surface area contributed by atoms with E-state index < -0.39 is 53.8 Å². The Kier molecular flexibility index (Phi) is 10.7. The summed E-state index contributed by atoms with van der Waals surface area (Å²) >= 11 is 0. The molecule has 1 aromatic carbocycles. The summed E-state index contributed by atoms with van der Waals surface area (Å²) in [7, 11) is 0. The van der Waals surface area contributed by atoms with Gasteiger partial charge in [0.2, 0.25) is 23.6 Å². The number of hydrogen-bond acceptors (Lipinski definition) is 7. The van der Waals surface area contributed by atoms with Crippen molar-refractivity contribution >= 4 is 29.6 Å². The van der Waals surface area contributed by atoms with Crippen molar-refractivity contribution < 1.29 is 34.2 Å². The summed E-state index contributed by atoms with van der Waals surface area (Å²) in [5, 5.41) is 29.7. The fourth-order valence-corrected chi connectivity index (χ4v) is 3.85. The van der Waals surface area contributed by atoms with Crippen molar-refractivity contribution in [3.8, 4) is 5.75 Å². The van der Waals surface area contributed by atoms with E-state index in [9.17, 15) is 34.2 Å². The topological polar surface area (TPSA) is 200 Å². The Labute approximate surface area is 209 Å². The Morgan fingerprint density at radius 1 is 1.03 bits per heavy atom. The maximum atomic E-state index is 13.3. The number of phenols is 1. The molecule has 4 atom stereocenters. The minimum absolute atomic E-state index is 0.0554. The number of hydrogen-bond donors (Lipinski definition) is 7. The van der Waals surface area contributed by atoms with Crippen molar-refractivity contribution in [1.29, 1.82) is 0 Å². The van der Waals surface area contributed by atoms with E-state index in [1.807, 2.05) is 0 Å². The van der Waals surface area contributed by atoms with Crippen LogP contribution in [-0.4, -0.2) is 70.5 Å². The number of carboxylic acid groups (broad SMARTS) is 1. The highest BCUT2D eigenvalue weighted by molar-refractivity contribution is 5.94. The summed E-state index contributed by atoms with van der Waals surface area (Å²) in [6, 6.07) is 2.27. The van der Waals surface area contributed by atoms with E-state index in [1.54, 1.807) is 26.0 Å². The molecule has 4 unspecified atom stereocenters.